The molecule has 1 atom stereocenters. The van der Waals surface area contributed by atoms with Crippen molar-refractivity contribution >= 4 is 44.1 Å². The smallest absolute Gasteiger partial charge is 0.281 e. The van der Waals surface area contributed by atoms with E-state index < -0.39 is 17.8 Å². The van der Waals surface area contributed by atoms with Crippen molar-refractivity contribution in [2.24, 2.45) is 0 Å². The van der Waals surface area contributed by atoms with Gasteiger partial charge >= 0.3 is 0 Å². The van der Waals surface area contributed by atoms with Crippen LogP contribution in [0.25, 0.3) is 10.9 Å². The van der Waals surface area contributed by atoms with E-state index in [4.69, 9.17) is 0 Å². The number of thiazole rings is 1. The molecule has 2 heterocycles. The Morgan fingerprint density at radius 3 is 2.79 bits per heavy atom. The van der Waals surface area contributed by atoms with Gasteiger partial charge in [-0.2, -0.15) is 0 Å². The topological polar surface area (TPSA) is 78.0 Å². The molecule has 0 aliphatic carbocycles. The van der Waals surface area contributed by atoms with Crippen LogP contribution in [0.5, 0.6) is 5.75 Å². The van der Waals surface area contributed by atoms with Crippen molar-refractivity contribution < 1.29 is 14.3 Å². The number of carbonyl (C=O) groups excluding carboxylic acids is 1. The molecule has 2 aromatic heterocycles. The number of aromatic nitrogens is 2. The number of phenolic OH excluding ortho intramolecular Hbond substituents is 1. The number of nitrogens with one attached hydrogen (secondary N) is 2. The van der Waals surface area contributed by atoms with Crippen LogP contribution in [0.15, 0.2) is 52.3 Å². The van der Waals surface area contributed by atoms with Crippen molar-refractivity contribution in [1.29, 1.82) is 0 Å². The Balaban J connectivity index is 1.78. The molecular formula is C20H15BrFN3O2S. The number of aromatic amines is 1. The molecule has 0 saturated carbocycles. The molecule has 0 bridgehead atoms. The fraction of sp³-hybridized carbons (Fsp3) is 0.100. The summed E-state index contributed by atoms with van der Waals surface area (Å²) in [6.07, 6.45) is 0. The van der Waals surface area contributed by atoms with Crippen molar-refractivity contribution in [3.05, 3.63) is 80.1 Å². The first-order chi connectivity index (χ1) is 13.4. The number of carbonyl (C=O) groups is 1. The van der Waals surface area contributed by atoms with Gasteiger partial charge in [-0.15, -0.1) is 11.3 Å². The van der Waals surface area contributed by atoms with E-state index in [0.29, 0.717) is 11.4 Å². The number of hydrogen-bond donors (Lipinski definition) is 3. The molecule has 0 radical (unpaired) electrons. The standard InChI is InChI=1S/C20H15BrFN3O2S/c1-10-18(21)28-20(23-10)19(27)25-17(13-9-12(22)6-7-16(13)26)15-8-11-4-2-3-5-14(11)24-15/h2-9,17,24,26H,1H3,(H,25,27)/t17-/m0/s1. The van der Waals surface area contributed by atoms with Crippen LogP contribution in [0.3, 0.4) is 0 Å². The maximum absolute atomic E-state index is 13.9. The van der Waals surface area contributed by atoms with Gasteiger partial charge in [0.25, 0.3) is 5.91 Å². The Morgan fingerprint density at radius 1 is 1.29 bits per heavy atom. The average molecular weight is 460 g/mol. The molecule has 1 amide bonds. The van der Waals surface area contributed by atoms with Crippen molar-refractivity contribution in [1.82, 2.24) is 15.3 Å². The molecular weight excluding hydrogens is 445 g/mol. The first-order valence-corrected chi connectivity index (χ1v) is 10.0. The molecule has 0 unspecified atom stereocenters. The summed E-state index contributed by atoms with van der Waals surface area (Å²) in [5, 5.41) is 14.4. The zero-order chi connectivity index (χ0) is 19.8. The van der Waals surface area contributed by atoms with Gasteiger partial charge < -0.3 is 15.4 Å². The number of para-hydroxylation sites is 1. The van der Waals surface area contributed by atoms with E-state index >= 15 is 0 Å². The third-order valence-electron chi connectivity index (χ3n) is 4.37. The lowest BCUT2D eigenvalue weighted by Gasteiger charge is -2.19. The summed E-state index contributed by atoms with van der Waals surface area (Å²) in [7, 11) is 0. The van der Waals surface area contributed by atoms with Crippen LogP contribution in [0.4, 0.5) is 4.39 Å². The van der Waals surface area contributed by atoms with Gasteiger partial charge in [0.15, 0.2) is 5.01 Å². The lowest BCUT2D eigenvalue weighted by atomic mass is 10.0. The molecule has 142 valence electrons. The largest absolute Gasteiger partial charge is 0.508 e. The van der Waals surface area contributed by atoms with Gasteiger partial charge in [-0.25, -0.2) is 9.37 Å². The summed E-state index contributed by atoms with van der Waals surface area (Å²) in [6, 6.07) is 12.4. The minimum Gasteiger partial charge on any atom is -0.508 e. The normalized spacial score (nSPS) is 12.2. The van der Waals surface area contributed by atoms with Gasteiger partial charge in [-0.05, 0) is 58.6 Å². The first-order valence-electron chi connectivity index (χ1n) is 8.42. The quantitative estimate of drug-likeness (QED) is 0.399. The van der Waals surface area contributed by atoms with Crippen LogP contribution in [-0.2, 0) is 0 Å². The van der Waals surface area contributed by atoms with Gasteiger partial charge in [0.05, 0.1) is 15.5 Å². The van der Waals surface area contributed by atoms with E-state index in [1.807, 2.05) is 30.3 Å². The summed E-state index contributed by atoms with van der Waals surface area (Å²) in [4.78, 5) is 20.3. The molecule has 0 aliphatic rings. The molecule has 4 aromatic rings. The van der Waals surface area contributed by atoms with E-state index in [-0.39, 0.29) is 16.3 Å². The lowest BCUT2D eigenvalue weighted by Crippen LogP contribution is -2.29. The first kappa shape index (κ1) is 18.6. The maximum atomic E-state index is 13.9. The zero-order valence-corrected chi connectivity index (χ0v) is 17.1. The van der Waals surface area contributed by atoms with Crippen LogP contribution in [0, 0.1) is 12.7 Å². The highest BCUT2D eigenvalue weighted by Crippen LogP contribution is 2.32. The SMILES string of the molecule is Cc1nc(C(=O)N[C@H](c2cc3ccccc3[nH]2)c2cc(F)ccc2O)sc1Br. The van der Waals surface area contributed by atoms with Crippen LogP contribution < -0.4 is 5.32 Å². The Bertz CT molecular complexity index is 1130. The van der Waals surface area contributed by atoms with Crippen molar-refractivity contribution in [3.63, 3.8) is 0 Å². The van der Waals surface area contributed by atoms with Gasteiger partial charge in [-0.1, -0.05) is 18.2 Å². The number of fused-ring (bicyclic) bond motifs is 1. The number of aryl methyl sites for hydroxylation is 1. The maximum Gasteiger partial charge on any atom is 0.281 e. The number of benzene rings is 2. The minimum absolute atomic E-state index is 0.109. The Kier molecular flexibility index (Phi) is 4.91. The molecule has 3 N–H and O–H groups in total. The van der Waals surface area contributed by atoms with Crippen LogP contribution >= 0.6 is 27.3 Å². The number of amides is 1. The van der Waals surface area contributed by atoms with E-state index in [0.717, 1.165) is 14.7 Å². The van der Waals surface area contributed by atoms with E-state index in [1.165, 1.54) is 29.5 Å². The second kappa shape index (κ2) is 7.37. The zero-order valence-electron chi connectivity index (χ0n) is 14.7. The Morgan fingerprint density at radius 2 is 2.07 bits per heavy atom. The molecule has 2 aromatic carbocycles. The number of phenols is 1. The summed E-state index contributed by atoms with van der Waals surface area (Å²) in [6.45, 7) is 1.80. The third kappa shape index (κ3) is 3.53. The van der Waals surface area contributed by atoms with E-state index in [1.54, 1.807) is 6.92 Å². The van der Waals surface area contributed by atoms with Gasteiger partial charge in [0.1, 0.15) is 11.6 Å². The predicted molar refractivity (Wildman–Crippen MR) is 110 cm³/mol. The number of hydrogen-bond acceptors (Lipinski definition) is 4. The second-order valence-corrected chi connectivity index (χ2v) is 8.62. The Labute approximate surface area is 172 Å². The van der Waals surface area contributed by atoms with E-state index in [2.05, 4.69) is 31.2 Å². The molecule has 8 heteroatoms. The monoisotopic (exact) mass is 459 g/mol. The fourth-order valence-corrected chi connectivity index (χ4v) is 4.24. The molecule has 4 rings (SSSR count). The van der Waals surface area contributed by atoms with Crippen LogP contribution in [0.1, 0.15) is 32.8 Å². The lowest BCUT2D eigenvalue weighted by molar-refractivity contribution is 0.0941. The number of H-pyrrole nitrogens is 1. The Hall–Kier alpha value is -2.71. The van der Waals surface area contributed by atoms with E-state index in [9.17, 15) is 14.3 Å². The highest BCUT2D eigenvalue weighted by atomic mass is 79.9. The highest BCUT2D eigenvalue weighted by molar-refractivity contribution is 9.11. The average Bonchev–Trinajstić information content (AvgIpc) is 3.25. The summed E-state index contributed by atoms with van der Waals surface area (Å²) < 4.78 is 14.7. The van der Waals surface area contributed by atoms with Crippen LogP contribution in [-0.4, -0.2) is 21.0 Å². The summed E-state index contributed by atoms with van der Waals surface area (Å²) >= 11 is 4.58. The van der Waals surface area contributed by atoms with Crippen molar-refractivity contribution in [3.8, 4) is 5.75 Å². The predicted octanol–water partition coefficient (Wildman–Crippen LogP) is 5.06. The fourth-order valence-electron chi connectivity index (χ4n) is 3.00. The summed E-state index contributed by atoms with van der Waals surface area (Å²) in [5.41, 5.74) is 2.47. The molecule has 28 heavy (non-hydrogen) atoms. The molecule has 0 spiro atoms. The molecule has 0 saturated heterocycles. The molecule has 5 nitrogen and oxygen atoms in total. The van der Waals surface area contributed by atoms with Gasteiger partial charge in [0.2, 0.25) is 0 Å². The van der Waals surface area contributed by atoms with Gasteiger partial charge in [-0.3, -0.25) is 4.79 Å². The van der Waals surface area contributed by atoms with Crippen molar-refractivity contribution in [2.75, 3.05) is 0 Å². The number of aromatic hydroxyl groups is 1. The molecule has 0 aliphatic heterocycles. The highest BCUT2D eigenvalue weighted by Gasteiger charge is 2.25. The van der Waals surface area contributed by atoms with Gasteiger partial charge in [0, 0.05) is 16.8 Å². The number of nitrogens with zero attached hydrogens (tertiary/aromatic N) is 1. The summed E-state index contributed by atoms with van der Waals surface area (Å²) in [5.74, 6) is -1.02. The number of halogens is 2. The number of rotatable bonds is 4. The minimum atomic E-state index is -0.779. The van der Waals surface area contributed by atoms with Crippen LogP contribution in [0.2, 0.25) is 0 Å². The third-order valence-corrected chi connectivity index (χ3v) is 6.38. The van der Waals surface area contributed by atoms with Crippen molar-refractivity contribution in [2.45, 2.75) is 13.0 Å². The molecule has 0 fully saturated rings. The second-order valence-electron chi connectivity index (χ2n) is 6.30.